The van der Waals surface area contributed by atoms with Gasteiger partial charge in [-0.05, 0) is 36.8 Å². The second-order valence-electron chi connectivity index (χ2n) is 3.70. The molecule has 2 radical (unpaired) electrons. The molecule has 4 heteroatoms. The molecular weight excluding hydrogens is 237 g/mol. The molecule has 2 aromatic carbocycles. The van der Waals surface area contributed by atoms with E-state index in [2.05, 4.69) is 0 Å². The van der Waals surface area contributed by atoms with Crippen LogP contribution < -0.4 is 10.2 Å². The van der Waals surface area contributed by atoms with Gasteiger partial charge in [0, 0.05) is 11.1 Å². The molecule has 0 aliphatic rings. The summed E-state index contributed by atoms with van der Waals surface area (Å²) in [6, 6.07) is 9.58. The summed E-state index contributed by atoms with van der Waals surface area (Å²) >= 11 is 5.90. The fourth-order valence-corrected chi connectivity index (χ4v) is 1.51. The van der Waals surface area contributed by atoms with Gasteiger partial charge in [-0.1, -0.05) is 23.1 Å². The number of rotatable bonds is 2. The molecule has 84 valence electrons. The van der Waals surface area contributed by atoms with E-state index in [1.807, 2.05) is 6.92 Å². The molecule has 0 aliphatic heterocycles. The molecule has 1 nitrogen and oxygen atoms in total. The smallest absolute Gasteiger partial charge is 0.130 e. The van der Waals surface area contributed by atoms with Crippen LogP contribution in [0.1, 0.15) is 5.56 Å². The van der Waals surface area contributed by atoms with E-state index in [0.717, 1.165) is 5.56 Å². The maximum Gasteiger partial charge on any atom is 0.130 e. The van der Waals surface area contributed by atoms with Crippen molar-refractivity contribution < 1.29 is 9.13 Å². The lowest BCUT2D eigenvalue weighted by molar-refractivity contribution is 0.477. The first-order valence-electron chi connectivity index (χ1n) is 5.05. The molecule has 0 unspecified atom stereocenters. The normalized spacial score (nSPS) is 10.3. The monoisotopic (exact) mass is 246 g/mol. The summed E-state index contributed by atoms with van der Waals surface area (Å²) in [5.74, 6) is 0.516. The Hall–Kier alpha value is -1.48. The van der Waals surface area contributed by atoms with Gasteiger partial charge in [-0.2, -0.15) is 0 Å². The average Bonchev–Trinajstić information content (AvgIpc) is 2.29. The van der Waals surface area contributed by atoms with E-state index in [-0.39, 0.29) is 5.46 Å². The predicted octanol–water partition coefficient (Wildman–Crippen LogP) is 3.37. The van der Waals surface area contributed by atoms with Gasteiger partial charge in [0.1, 0.15) is 25.2 Å². The van der Waals surface area contributed by atoms with Crippen molar-refractivity contribution in [2.24, 2.45) is 0 Å². The molecule has 2 aromatic rings. The van der Waals surface area contributed by atoms with Crippen LogP contribution in [0.3, 0.4) is 0 Å². The summed E-state index contributed by atoms with van der Waals surface area (Å²) in [7, 11) is 5.38. The van der Waals surface area contributed by atoms with E-state index in [1.54, 1.807) is 24.3 Å². The Bertz CT molecular complexity index is 508. The van der Waals surface area contributed by atoms with E-state index in [9.17, 15) is 4.39 Å². The highest BCUT2D eigenvalue weighted by molar-refractivity contribution is 6.32. The van der Waals surface area contributed by atoms with Crippen molar-refractivity contribution in [3.8, 4) is 11.5 Å². The Kier molecular flexibility index (Phi) is 3.39. The minimum atomic E-state index is -0.492. The Morgan fingerprint density at radius 1 is 1.12 bits per heavy atom. The molecule has 0 fully saturated rings. The Morgan fingerprint density at radius 2 is 1.76 bits per heavy atom. The minimum Gasteiger partial charge on any atom is -0.457 e. The van der Waals surface area contributed by atoms with E-state index >= 15 is 0 Å². The number of ether oxygens (including phenoxy) is 1. The first-order chi connectivity index (χ1) is 8.06. The van der Waals surface area contributed by atoms with Crippen molar-refractivity contribution in [3.05, 3.63) is 52.8 Å². The summed E-state index contributed by atoms with van der Waals surface area (Å²) in [5, 5.41) is 0.667. The second kappa shape index (κ2) is 4.80. The van der Waals surface area contributed by atoms with Gasteiger partial charge in [-0.3, -0.25) is 0 Å². The lowest BCUT2D eigenvalue weighted by atomic mass is 9.96. The molecule has 0 aromatic heterocycles. The van der Waals surface area contributed by atoms with Crippen molar-refractivity contribution in [3.63, 3.8) is 0 Å². The van der Waals surface area contributed by atoms with E-state index in [1.165, 1.54) is 12.1 Å². The van der Waals surface area contributed by atoms with Gasteiger partial charge < -0.3 is 4.74 Å². The number of aryl methyl sites for hydroxylation is 1. The van der Waals surface area contributed by atoms with Crippen LogP contribution in [0.2, 0.25) is 5.02 Å². The van der Waals surface area contributed by atoms with Crippen molar-refractivity contribution in [1.82, 2.24) is 0 Å². The molecule has 0 atom stereocenters. The molecule has 2 rings (SSSR count). The maximum atomic E-state index is 13.2. The summed E-state index contributed by atoms with van der Waals surface area (Å²) in [4.78, 5) is 0. The summed E-state index contributed by atoms with van der Waals surface area (Å²) in [5.41, 5.74) is 1.00. The van der Waals surface area contributed by atoms with E-state index in [4.69, 9.17) is 24.2 Å². The third-order valence-corrected chi connectivity index (χ3v) is 2.76. The molecule has 0 heterocycles. The van der Waals surface area contributed by atoms with Gasteiger partial charge in [0.15, 0.2) is 0 Å². The third kappa shape index (κ3) is 2.80. The van der Waals surface area contributed by atoms with Gasteiger partial charge in [0.2, 0.25) is 0 Å². The van der Waals surface area contributed by atoms with Gasteiger partial charge in [-0.25, -0.2) is 4.39 Å². The van der Waals surface area contributed by atoms with E-state index in [0.29, 0.717) is 16.5 Å². The first kappa shape index (κ1) is 12.0. The zero-order valence-electron chi connectivity index (χ0n) is 9.21. The van der Waals surface area contributed by atoms with Crippen LogP contribution in [-0.2, 0) is 0 Å². The van der Waals surface area contributed by atoms with Crippen LogP contribution in [0.15, 0.2) is 36.4 Å². The molecule has 0 aliphatic carbocycles. The van der Waals surface area contributed by atoms with Gasteiger partial charge in [0.25, 0.3) is 0 Å². The van der Waals surface area contributed by atoms with Crippen molar-refractivity contribution in [2.75, 3.05) is 0 Å². The van der Waals surface area contributed by atoms with Crippen LogP contribution in [0, 0.1) is 12.7 Å². The fraction of sp³-hybridized carbons (Fsp3) is 0.0769. The standard InChI is InChI=1S/C13H9BClFO/c1-8-6-9(3-5-12(8)15)17-10-2-4-11(14)13(16)7-10/h2-7H,1H3. The first-order valence-corrected chi connectivity index (χ1v) is 5.43. The number of hydrogen-bond donors (Lipinski definition) is 0. The van der Waals surface area contributed by atoms with Gasteiger partial charge in [0.05, 0.1) is 0 Å². The van der Waals surface area contributed by atoms with Crippen molar-refractivity contribution >= 4 is 24.9 Å². The van der Waals surface area contributed by atoms with E-state index < -0.39 is 5.82 Å². The molecule has 0 amide bonds. The topological polar surface area (TPSA) is 9.23 Å². The Labute approximate surface area is 106 Å². The molecule has 17 heavy (non-hydrogen) atoms. The minimum absolute atomic E-state index is 0.102. The largest absolute Gasteiger partial charge is 0.457 e. The van der Waals surface area contributed by atoms with Gasteiger partial charge >= 0.3 is 0 Å². The van der Waals surface area contributed by atoms with Gasteiger partial charge in [-0.15, -0.1) is 0 Å². The quantitative estimate of drug-likeness (QED) is 0.738. The average molecular weight is 246 g/mol. The van der Waals surface area contributed by atoms with Crippen molar-refractivity contribution in [1.29, 1.82) is 0 Å². The lowest BCUT2D eigenvalue weighted by Crippen LogP contribution is -2.07. The molecular formula is C13H9BClFO. The fourth-order valence-electron chi connectivity index (χ4n) is 1.39. The number of hydrogen-bond acceptors (Lipinski definition) is 1. The van der Waals surface area contributed by atoms with Crippen LogP contribution in [-0.4, -0.2) is 7.85 Å². The predicted molar refractivity (Wildman–Crippen MR) is 68.1 cm³/mol. The molecule has 0 N–H and O–H groups in total. The summed E-state index contributed by atoms with van der Waals surface area (Å²) in [6.07, 6.45) is 0. The molecule has 0 saturated heterocycles. The van der Waals surface area contributed by atoms with Crippen LogP contribution >= 0.6 is 11.6 Å². The maximum absolute atomic E-state index is 13.2. The third-order valence-electron chi connectivity index (χ3n) is 2.34. The molecule has 0 saturated carbocycles. The number of halogens is 2. The Morgan fingerprint density at radius 3 is 2.41 bits per heavy atom. The zero-order valence-corrected chi connectivity index (χ0v) is 9.96. The Balaban J connectivity index is 2.25. The molecule has 0 bridgehead atoms. The highest BCUT2D eigenvalue weighted by Gasteiger charge is 2.03. The van der Waals surface area contributed by atoms with Crippen LogP contribution in [0.25, 0.3) is 0 Å². The molecule has 0 spiro atoms. The zero-order chi connectivity index (χ0) is 12.4. The number of benzene rings is 2. The van der Waals surface area contributed by atoms with Crippen LogP contribution in [0.4, 0.5) is 4.39 Å². The summed E-state index contributed by atoms with van der Waals surface area (Å²) in [6.45, 7) is 1.87. The SMILES string of the molecule is [B]c1ccc(Oc2ccc(Cl)c(C)c2)cc1F. The van der Waals surface area contributed by atoms with Crippen molar-refractivity contribution in [2.45, 2.75) is 6.92 Å². The second-order valence-corrected chi connectivity index (χ2v) is 4.10. The highest BCUT2D eigenvalue weighted by atomic mass is 35.5. The van der Waals surface area contributed by atoms with Crippen LogP contribution in [0.5, 0.6) is 11.5 Å². The lowest BCUT2D eigenvalue weighted by Gasteiger charge is -2.08. The highest BCUT2D eigenvalue weighted by Crippen LogP contribution is 2.25. The summed E-state index contributed by atoms with van der Waals surface area (Å²) < 4.78 is 18.7.